The average Bonchev–Trinajstić information content (AvgIpc) is 3.03. The van der Waals surface area contributed by atoms with E-state index in [9.17, 15) is 13.2 Å². The van der Waals surface area contributed by atoms with Crippen LogP contribution in [0.25, 0.3) is 22.6 Å². The highest BCUT2D eigenvalue weighted by Crippen LogP contribution is 2.29. The van der Waals surface area contributed by atoms with Gasteiger partial charge in [-0.05, 0) is 12.1 Å². The maximum absolute atomic E-state index is 12.7. The number of nitrogens with zero attached hydrogens (tertiary/aromatic N) is 5. The maximum Gasteiger partial charge on any atom is 0.433 e. The molecule has 23 heavy (non-hydrogen) atoms. The van der Waals surface area contributed by atoms with E-state index in [-0.39, 0.29) is 11.5 Å². The van der Waals surface area contributed by atoms with E-state index in [1.165, 1.54) is 0 Å². The molecule has 3 rings (SSSR count). The van der Waals surface area contributed by atoms with E-state index in [0.717, 1.165) is 12.3 Å². The number of hydrogen-bond donors (Lipinski definition) is 1. The van der Waals surface area contributed by atoms with Gasteiger partial charge in [0.25, 0.3) is 0 Å². The largest absolute Gasteiger partial charge is 0.433 e. The van der Waals surface area contributed by atoms with Crippen LogP contribution in [0.2, 0.25) is 0 Å². The Morgan fingerprint density at radius 1 is 1.09 bits per heavy atom. The SMILES string of the molecule is N#Cc1n[nH]nc1-c1cccc(-c2nccc(C(F)(F)F)n2)c1. The number of halogens is 3. The Bertz CT molecular complexity index is 894. The molecule has 0 unspecified atom stereocenters. The molecule has 0 aliphatic heterocycles. The maximum atomic E-state index is 12.7. The number of nitrogens with one attached hydrogen (secondary N) is 1. The summed E-state index contributed by atoms with van der Waals surface area (Å²) in [5, 5.41) is 18.8. The van der Waals surface area contributed by atoms with Crippen LogP contribution in [-0.2, 0) is 6.18 Å². The first-order valence-electron chi connectivity index (χ1n) is 6.31. The van der Waals surface area contributed by atoms with Crippen LogP contribution in [0.15, 0.2) is 36.5 Å². The summed E-state index contributed by atoms with van der Waals surface area (Å²) in [5.41, 5.74) is 0.273. The predicted octanol–water partition coefficient (Wildman–Crippen LogP) is 2.82. The van der Waals surface area contributed by atoms with Gasteiger partial charge in [0.2, 0.25) is 0 Å². The summed E-state index contributed by atoms with van der Waals surface area (Å²) in [5.74, 6) is -0.0660. The molecule has 0 amide bonds. The molecule has 0 bridgehead atoms. The summed E-state index contributed by atoms with van der Waals surface area (Å²) in [4.78, 5) is 7.40. The van der Waals surface area contributed by atoms with Crippen molar-refractivity contribution in [1.29, 1.82) is 5.26 Å². The van der Waals surface area contributed by atoms with Gasteiger partial charge in [-0.1, -0.05) is 18.2 Å². The first-order valence-corrected chi connectivity index (χ1v) is 6.31. The molecule has 1 aromatic carbocycles. The summed E-state index contributed by atoms with van der Waals surface area (Å²) in [7, 11) is 0. The molecule has 0 atom stereocenters. The second kappa shape index (κ2) is 5.49. The van der Waals surface area contributed by atoms with E-state index in [1.54, 1.807) is 24.3 Å². The third kappa shape index (κ3) is 2.87. The molecule has 0 saturated heterocycles. The van der Waals surface area contributed by atoms with Crippen molar-refractivity contribution in [3.8, 4) is 28.7 Å². The monoisotopic (exact) mass is 316 g/mol. The van der Waals surface area contributed by atoms with Crippen molar-refractivity contribution in [3.05, 3.63) is 47.9 Å². The summed E-state index contributed by atoms with van der Waals surface area (Å²) < 4.78 is 38.2. The summed E-state index contributed by atoms with van der Waals surface area (Å²) in [6.45, 7) is 0. The summed E-state index contributed by atoms with van der Waals surface area (Å²) in [6, 6.07) is 9.08. The molecule has 2 aromatic heterocycles. The van der Waals surface area contributed by atoms with Crippen molar-refractivity contribution in [2.75, 3.05) is 0 Å². The predicted molar refractivity (Wildman–Crippen MR) is 72.6 cm³/mol. The van der Waals surface area contributed by atoms with Gasteiger partial charge in [-0.25, -0.2) is 9.97 Å². The van der Waals surface area contributed by atoms with Crippen LogP contribution in [0.1, 0.15) is 11.4 Å². The Morgan fingerprint density at radius 3 is 2.61 bits per heavy atom. The van der Waals surface area contributed by atoms with Gasteiger partial charge in [0.15, 0.2) is 11.5 Å². The number of aromatic nitrogens is 5. The first-order chi connectivity index (χ1) is 11.0. The van der Waals surface area contributed by atoms with Crippen LogP contribution >= 0.6 is 0 Å². The highest BCUT2D eigenvalue weighted by atomic mass is 19.4. The second-order valence-electron chi connectivity index (χ2n) is 4.48. The van der Waals surface area contributed by atoms with Crippen molar-refractivity contribution >= 4 is 0 Å². The van der Waals surface area contributed by atoms with Crippen molar-refractivity contribution in [3.63, 3.8) is 0 Å². The molecule has 0 fully saturated rings. The normalized spacial score (nSPS) is 11.2. The topological polar surface area (TPSA) is 91.1 Å². The molecule has 9 heteroatoms. The molecule has 6 nitrogen and oxygen atoms in total. The van der Waals surface area contributed by atoms with Gasteiger partial charge in [-0.3, -0.25) is 0 Å². The first kappa shape index (κ1) is 14.6. The van der Waals surface area contributed by atoms with Crippen LogP contribution in [-0.4, -0.2) is 25.4 Å². The molecule has 2 heterocycles. The van der Waals surface area contributed by atoms with Gasteiger partial charge in [-0.2, -0.15) is 28.7 Å². The average molecular weight is 316 g/mol. The summed E-state index contributed by atoms with van der Waals surface area (Å²) in [6.07, 6.45) is -3.50. The number of benzene rings is 1. The third-order valence-electron chi connectivity index (χ3n) is 2.99. The minimum Gasteiger partial charge on any atom is -0.237 e. The lowest BCUT2D eigenvalue weighted by atomic mass is 10.1. The Hall–Kier alpha value is -3.28. The minimum atomic E-state index is -4.55. The number of rotatable bonds is 2. The third-order valence-corrected chi connectivity index (χ3v) is 2.99. The second-order valence-corrected chi connectivity index (χ2v) is 4.48. The van der Waals surface area contributed by atoms with Crippen LogP contribution in [0, 0.1) is 11.3 Å². The quantitative estimate of drug-likeness (QED) is 0.785. The molecule has 1 N–H and O–H groups in total. The number of H-pyrrole nitrogens is 1. The fourth-order valence-corrected chi connectivity index (χ4v) is 1.97. The number of hydrogen-bond acceptors (Lipinski definition) is 5. The molecular formula is C14H7F3N6. The lowest BCUT2D eigenvalue weighted by molar-refractivity contribution is -0.141. The van der Waals surface area contributed by atoms with Gasteiger partial charge in [0, 0.05) is 17.3 Å². The number of aromatic amines is 1. The number of nitriles is 1. The zero-order valence-electron chi connectivity index (χ0n) is 11.3. The highest BCUT2D eigenvalue weighted by Gasteiger charge is 2.32. The van der Waals surface area contributed by atoms with E-state index in [0.29, 0.717) is 16.8 Å². The molecule has 114 valence electrons. The Labute approximate surface area is 127 Å². The zero-order valence-corrected chi connectivity index (χ0v) is 11.3. The lowest BCUT2D eigenvalue weighted by Gasteiger charge is -2.07. The smallest absolute Gasteiger partial charge is 0.237 e. The van der Waals surface area contributed by atoms with E-state index in [1.807, 2.05) is 6.07 Å². The molecular weight excluding hydrogens is 309 g/mol. The molecule has 0 spiro atoms. The van der Waals surface area contributed by atoms with Gasteiger partial charge in [0.05, 0.1) is 0 Å². The van der Waals surface area contributed by atoms with E-state index in [2.05, 4.69) is 25.4 Å². The fourth-order valence-electron chi connectivity index (χ4n) is 1.97. The van der Waals surface area contributed by atoms with Crippen LogP contribution in [0.5, 0.6) is 0 Å². The van der Waals surface area contributed by atoms with Crippen molar-refractivity contribution in [2.45, 2.75) is 6.18 Å². The molecule has 0 radical (unpaired) electrons. The van der Waals surface area contributed by atoms with Gasteiger partial charge < -0.3 is 0 Å². The molecule has 0 aliphatic carbocycles. The summed E-state index contributed by atoms with van der Waals surface area (Å²) >= 11 is 0. The van der Waals surface area contributed by atoms with E-state index in [4.69, 9.17) is 5.26 Å². The number of alkyl halides is 3. The molecule has 0 aliphatic rings. The van der Waals surface area contributed by atoms with Crippen LogP contribution in [0.4, 0.5) is 13.2 Å². The van der Waals surface area contributed by atoms with Gasteiger partial charge in [-0.15, -0.1) is 5.10 Å². The zero-order chi connectivity index (χ0) is 16.4. The van der Waals surface area contributed by atoms with E-state index < -0.39 is 11.9 Å². The highest BCUT2D eigenvalue weighted by molar-refractivity contribution is 5.70. The van der Waals surface area contributed by atoms with Crippen molar-refractivity contribution < 1.29 is 13.2 Å². The fraction of sp³-hybridized carbons (Fsp3) is 0.0714. The van der Waals surface area contributed by atoms with E-state index >= 15 is 0 Å². The van der Waals surface area contributed by atoms with Gasteiger partial charge >= 0.3 is 6.18 Å². The van der Waals surface area contributed by atoms with Crippen LogP contribution in [0.3, 0.4) is 0 Å². The Kier molecular flexibility index (Phi) is 3.50. The van der Waals surface area contributed by atoms with Gasteiger partial charge in [0.1, 0.15) is 17.5 Å². The minimum absolute atomic E-state index is 0.0660. The van der Waals surface area contributed by atoms with Crippen LogP contribution < -0.4 is 0 Å². The standard InChI is InChI=1S/C14H7F3N6/c15-14(16,17)11-4-5-19-13(20-11)9-3-1-2-8(6-9)12-10(7-18)21-23-22-12/h1-6H,(H,21,22,23). The molecule has 3 aromatic rings. The molecule has 0 saturated carbocycles. The lowest BCUT2D eigenvalue weighted by Crippen LogP contribution is -2.09. The van der Waals surface area contributed by atoms with Crippen molar-refractivity contribution in [2.24, 2.45) is 0 Å². The van der Waals surface area contributed by atoms with Crippen molar-refractivity contribution in [1.82, 2.24) is 25.4 Å². The Morgan fingerprint density at radius 2 is 1.87 bits per heavy atom. The Balaban J connectivity index is 2.06.